The van der Waals surface area contributed by atoms with E-state index < -0.39 is 5.82 Å². The highest BCUT2D eigenvalue weighted by Crippen LogP contribution is 2.12. The molecule has 0 atom stereocenters. The van der Waals surface area contributed by atoms with Gasteiger partial charge in [0.2, 0.25) is 0 Å². The van der Waals surface area contributed by atoms with Gasteiger partial charge in [-0.15, -0.1) is 0 Å². The number of nitrogen functional groups attached to an aromatic ring is 1. The normalized spacial score (nSPS) is 10.3. The summed E-state index contributed by atoms with van der Waals surface area (Å²) in [5, 5.41) is 0. The summed E-state index contributed by atoms with van der Waals surface area (Å²) in [6.07, 6.45) is 2.36. The molecule has 0 bridgehead atoms. The first kappa shape index (κ1) is 14.0. The molecule has 20 heavy (non-hydrogen) atoms. The highest BCUT2D eigenvalue weighted by atomic mass is 19.1. The molecule has 1 aromatic heterocycles. The summed E-state index contributed by atoms with van der Waals surface area (Å²) >= 11 is 0. The number of hydrogen-bond acceptors (Lipinski definition) is 3. The predicted molar refractivity (Wildman–Crippen MR) is 75.7 cm³/mol. The zero-order valence-corrected chi connectivity index (χ0v) is 11.2. The lowest BCUT2D eigenvalue weighted by atomic mass is 10.1. The van der Waals surface area contributed by atoms with Crippen LogP contribution < -0.4 is 5.73 Å². The van der Waals surface area contributed by atoms with Crippen molar-refractivity contribution in [3.8, 4) is 0 Å². The lowest BCUT2D eigenvalue weighted by Gasteiger charge is -2.17. The molecule has 5 heteroatoms. The molecule has 0 radical (unpaired) electrons. The van der Waals surface area contributed by atoms with Crippen LogP contribution in [0.1, 0.15) is 16.1 Å². The Morgan fingerprint density at radius 1 is 1.35 bits per heavy atom. The third-order valence-electron chi connectivity index (χ3n) is 2.94. The van der Waals surface area contributed by atoms with Crippen molar-refractivity contribution in [2.45, 2.75) is 6.42 Å². The van der Waals surface area contributed by atoms with Crippen molar-refractivity contribution in [3.63, 3.8) is 0 Å². The van der Waals surface area contributed by atoms with Crippen molar-refractivity contribution in [2.75, 3.05) is 19.3 Å². The van der Waals surface area contributed by atoms with Gasteiger partial charge >= 0.3 is 0 Å². The molecule has 0 saturated carbocycles. The van der Waals surface area contributed by atoms with Crippen LogP contribution in [0.15, 0.2) is 42.6 Å². The Labute approximate surface area is 117 Å². The summed E-state index contributed by atoms with van der Waals surface area (Å²) in [5.74, 6) is -0.765. The molecule has 0 saturated heterocycles. The second-order valence-corrected chi connectivity index (χ2v) is 4.57. The number of amides is 1. The fraction of sp³-hybridized carbons (Fsp3) is 0.200. The molecule has 0 aliphatic heterocycles. The smallest absolute Gasteiger partial charge is 0.253 e. The zero-order chi connectivity index (χ0) is 14.5. The Hall–Kier alpha value is -2.43. The van der Waals surface area contributed by atoms with Crippen LogP contribution in [0.4, 0.5) is 10.1 Å². The topological polar surface area (TPSA) is 59.2 Å². The Kier molecular flexibility index (Phi) is 4.30. The molecule has 1 heterocycles. The number of rotatable bonds is 4. The molecule has 2 N–H and O–H groups in total. The number of pyridine rings is 1. The van der Waals surface area contributed by atoms with E-state index in [4.69, 9.17) is 5.73 Å². The summed E-state index contributed by atoms with van der Waals surface area (Å²) in [5.41, 5.74) is 6.95. The van der Waals surface area contributed by atoms with E-state index in [1.54, 1.807) is 13.2 Å². The maximum Gasteiger partial charge on any atom is 0.253 e. The van der Waals surface area contributed by atoms with Gasteiger partial charge in [0.1, 0.15) is 5.82 Å². The van der Waals surface area contributed by atoms with Crippen LogP contribution in [0.25, 0.3) is 0 Å². The van der Waals surface area contributed by atoms with Gasteiger partial charge in [0, 0.05) is 43.2 Å². The molecule has 0 fully saturated rings. The molecule has 0 aliphatic rings. The average Bonchev–Trinajstić information content (AvgIpc) is 2.44. The maximum atomic E-state index is 13.2. The number of carbonyl (C=O) groups excluding carboxylic acids is 1. The van der Waals surface area contributed by atoms with Gasteiger partial charge in [-0.1, -0.05) is 6.07 Å². The van der Waals surface area contributed by atoms with Gasteiger partial charge in [0.25, 0.3) is 5.91 Å². The number of halogens is 1. The van der Waals surface area contributed by atoms with Crippen LogP contribution >= 0.6 is 0 Å². The lowest BCUT2D eigenvalue weighted by molar-refractivity contribution is 0.0796. The number of nitrogens with zero attached hydrogens (tertiary/aromatic N) is 2. The number of aromatic nitrogens is 1. The largest absolute Gasteiger partial charge is 0.399 e. The molecular formula is C15H16FN3O. The van der Waals surface area contributed by atoms with E-state index in [0.717, 1.165) is 5.69 Å². The first-order valence-corrected chi connectivity index (χ1v) is 6.27. The zero-order valence-electron chi connectivity index (χ0n) is 11.2. The quantitative estimate of drug-likeness (QED) is 0.868. The van der Waals surface area contributed by atoms with E-state index in [1.807, 2.05) is 18.2 Å². The Bertz CT molecular complexity index is 581. The molecule has 2 aromatic rings. The van der Waals surface area contributed by atoms with Gasteiger partial charge in [0.15, 0.2) is 0 Å². The van der Waals surface area contributed by atoms with Gasteiger partial charge in [-0.3, -0.25) is 9.78 Å². The first-order chi connectivity index (χ1) is 9.56. The Morgan fingerprint density at radius 3 is 2.80 bits per heavy atom. The predicted octanol–water partition coefficient (Wildman–Crippen LogP) is 2.12. The molecule has 1 amide bonds. The third-order valence-corrected chi connectivity index (χ3v) is 2.94. The third kappa shape index (κ3) is 3.54. The van der Waals surface area contributed by atoms with Crippen molar-refractivity contribution in [1.82, 2.24) is 9.88 Å². The van der Waals surface area contributed by atoms with E-state index in [1.165, 1.54) is 23.1 Å². The van der Waals surface area contributed by atoms with E-state index in [2.05, 4.69) is 4.98 Å². The maximum absolute atomic E-state index is 13.2. The molecule has 0 aliphatic carbocycles. The van der Waals surface area contributed by atoms with Crippen molar-refractivity contribution in [2.24, 2.45) is 0 Å². The van der Waals surface area contributed by atoms with Crippen LogP contribution in [0.5, 0.6) is 0 Å². The second-order valence-electron chi connectivity index (χ2n) is 4.57. The Balaban J connectivity index is 2.01. The van der Waals surface area contributed by atoms with Gasteiger partial charge in [0.05, 0.1) is 0 Å². The summed E-state index contributed by atoms with van der Waals surface area (Å²) in [4.78, 5) is 17.9. The molecule has 104 valence electrons. The second kappa shape index (κ2) is 6.14. The summed E-state index contributed by atoms with van der Waals surface area (Å²) in [6.45, 7) is 0.506. The van der Waals surface area contributed by atoms with Crippen LogP contribution in [0, 0.1) is 5.82 Å². The highest BCUT2D eigenvalue weighted by Gasteiger charge is 2.13. The highest BCUT2D eigenvalue weighted by molar-refractivity contribution is 5.94. The fourth-order valence-corrected chi connectivity index (χ4v) is 1.89. The minimum absolute atomic E-state index is 0.242. The molecule has 4 nitrogen and oxygen atoms in total. The van der Waals surface area contributed by atoms with Gasteiger partial charge in [-0.25, -0.2) is 4.39 Å². The number of carbonyl (C=O) groups is 1. The van der Waals surface area contributed by atoms with E-state index >= 15 is 0 Å². The number of likely N-dealkylation sites (N-methyl/N-ethyl adjacent to an activating group) is 1. The van der Waals surface area contributed by atoms with Crippen molar-refractivity contribution in [3.05, 3.63) is 59.7 Å². The Morgan fingerprint density at radius 2 is 2.15 bits per heavy atom. The minimum Gasteiger partial charge on any atom is -0.399 e. The van der Waals surface area contributed by atoms with Crippen LogP contribution in [-0.2, 0) is 6.42 Å². The van der Waals surface area contributed by atoms with Crippen LogP contribution in [-0.4, -0.2) is 29.4 Å². The van der Waals surface area contributed by atoms with E-state index in [-0.39, 0.29) is 17.2 Å². The summed E-state index contributed by atoms with van der Waals surface area (Å²) in [7, 11) is 1.67. The van der Waals surface area contributed by atoms with Crippen molar-refractivity contribution >= 4 is 11.6 Å². The summed E-state index contributed by atoms with van der Waals surface area (Å²) < 4.78 is 13.2. The van der Waals surface area contributed by atoms with Gasteiger partial charge in [-0.05, 0) is 30.3 Å². The van der Waals surface area contributed by atoms with Crippen molar-refractivity contribution in [1.29, 1.82) is 0 Å². The molecule has 2 rings (SSSR count). The molecular weight excluding hydrogens is 257 g/mol. The van der Waals surface area contributed by atoms with Gasteiger partial charge in [-0.2, -0.15) is 0 Å². The standard InChI is InChI=1S/C15H16FN3O/c1-19(7-5-14-4-2-3-6-18-14)15(20)11-8-12(16)10-13(17)9-11/h2-4,6,8-10H,5,7,17H2,1H3. The number of benzene rings is 1. The monoisotopic (exact) mass is 273 g/mol. The van der Waals surface area contributed by atoms with E-state index in [0.29, 0.717) is 13.0 Å². The first-order valence-electron chi connectivity index (χ1n) is 6.27. The molecule has 0 unspecified atom stereocenters. The molecule has 1 aromatic carbocycles. The number of hydrogen-bond donors (Lipinski definition) is 1. The minimum atomic E-state index is -0.508. The van der Waals surface area contributed by atoms with Gasteiger partial charge < -0.3 is 10.6 Å². The number of nitrogens with two attached hydrogens (primary N) is 1. The number of anilines is 1. The SMILES string of the molecule is CN(CCc1ccccn1)C(=O)c1cc(N)cc(F)c1. The summed E-state index contributed by atoms with van der Waals surface area (Å²) in [6, 6.07) is 9.49. The van der Waals surface area contributed by atoms with E-state index in [9.17, 15) is 9.18 Å². The van der Waals surface area contributed by atoms with Crippen LogP contribution in [0.3, 0.4) is 0 Å². The molecule has 0 spiro atoms. The fourth-order valence-electron chi connectivity index (χ4n) is 1.89. The van der Waals surface area contributed by atoms with Crippen LogP contribution in [0.2, 0.25) is 0 Å². The lowest BCUT2D eigenvalue weighted by Crippen LogP contribution is -2.29. The average molecular weight is 273 g/mol. The van der Waals surface area contributed by atoms with Crippen molar-refractivity contribution < 1.29 is 9.18 Å².